The molecule has 10 rings (SSSR count). The SMILES string of the molecule is Oc1c2cc(Cc3ccccc3)cc1CN[C@@H]1CCCC[C@H]1NCc1cc(Cc3ccccc3)cc(c1O)CN[C@@H]1CCCC[C@H]1NCc1cc(Cc3ccccc3)cc(c1O)CN[C@@H]1CCCC[C@H]1NC2. The van der Waals surface area contributed by atoms with Crippen LogP contribution in [0.1, 0.15) is 144 Å². The van der Waals surface area contributed by atoms with E-state index in [1.54, 1.807) is 0 Å². The lowest BCUT2D eigenvalue weighted by atomic mass is 9.89. The van der Waals surface area contributed by atoms with Crippen LogP contribution < -0.4 is 31.9 Å². The summed E-state index contributed by atoms with van der Waals surface area (Å²) in [6, 6.07) is 46.4. The monoisotopic (exact) mass is 967 g/mol. The summed E-state index contributed by atoms with van der Waals surface area (Å²) < 4.78 is 0. The molecule has 0 radical (unpaired) electrons. The smallest absolute Gasteiger partial charge is 0.124 e. The van der Waals surface area contributed by atoms with Gasteiger partial charge in [-0.15, -0.1) is 0 Å². The van der Waals surface area contributed by atoms with Gasteiger partial charge in [0.05, 0.1) is 0 Å². The summed E-state index contributed by atoms with van der Waals surface area (Å²) in [5.41, 5.74) is 12.9. The van der Waals surface area contributed by atoms with Crippen LogP contribution in [-0.4, -0.2) is 51.6 Å². The zero-order chi connectivity index (χ0) is 49.1. The van der Waals surface area contributed by atoms with Crippen LogP contribution in [0.2, 0.25) is 0 Å². The minimum Gasteiger partial charge on any atom is -0.507 e. The molecule has 6 aromatic carbocycles. The molecule has 9 heteroatoms. The van der Waals surface area contributed by atoms with E-state index in [0.29, 0.717) is 56.5 Å². The van der Waals surface area contributed by atoms with Crippen LogP contribution in [-0.2, 0) is 58.5 Å². The maximum Gasteiger partial charge on any atom is 0.124 e. The van der Waals surface area contributed by atoms with Gasteiger partial charge >= 0.3 is 0 Å². The summed E-state index contributed by atoms with van der Waals surface area (Å²) in [5.74, 6) is 1.10. The normalized spacial score (nSPS) is 23.7. The second kappa shape index (κ2) is 24.5. The second-order valence-corrected chi connectivity index (χ2v) is 21.6. The van der Waals surface area contributed by atoms with E-state index in [0.717, 1.165) is 130 Å². The molecule has 0 unspecified atom stereocenters. The number of aromatic hydroxyl groups is 3. The number of nitrogens with one attached hydrogen (secondary N) is 6. The average Bonchev–Trinajstić information content (AvgIpc) is 3.41. The van der Waals surface area contributed by atoms with Crippen LogP contribution >= 0.6 is 0 Å². The van der Waals surface area contributed by atoms with Crippen LogP contribution in [0.4, 0.5) is 0 Å². The molecule has 4 aliphatic rings. The number of fused-ring (bicyclic) bond motifs is 9. The average molecular weight is 967 g/mol. The van der Waals surface area contributed by atoms with E-state index in [1.165, 1.54) is 33.4 Å². The zero-order valence-electron chi connectivity index (χ0n) is 42.3. The van der Waals surface area contributed by atoms with Crippen LogP contribution in [0, 0.1) is 0 Å². The van der Waals surface area contributed by atoms with E-state index in [1.807, 2.05) is 0 Å². The highest BCUT2D eigenvalue weighted by Gasteiger charge is 2.29. The maximum absolute atomic E-state index is 12.1. The van der Waals surface area contributed by atoms with Gasteiger partial charge in [0, 0.05) is 109 Å². The molecule has 1 aliphatic heterocycles. The van der Waals surface area contributed by atoms with Crippen molar-refractivity contribution in [3.63, 3.8) is 0 Å². The number of rotatable bonds is 6. The topological polar surface area (TPSA) is 133 Å². The van der Waals surface area contributed by atoms with Crippen molar-refractivity contribution in [3.05, 3.63) is 194 Å². The molecule has 378 valence electrons. The van der Waals surface area contributed by atoms with Crippen molar-refractivity contribution in [2.45, 2.75) is 172 Å². The van der Waals surface area contributed by atoms with Crippen LogP contribution in [0.15, 0.2) is 127 Å². The Morgan fingerprint density at radius 1 is 0.278 bits per heavy atom. The van der Waals surface area contributed by atoms with Gasteiger partial charge in [0.1, 0.15) is 17.2 Å². The molecule has 0 saturated heterocycles. The summed E-state index contributed by atoms with van der Waals surface area (Å²) in [5, 5.41) is 60.0. The van der Waals surface area contributed by atoms with Gasteiger partial charge in [-0.2, -0.15) is 0 Å². The second-order valence-electron chi connectivity index (χ2n) is 21.6. The highest BCUT2D eigenvalue weighted by molar-refractivity contribution is 5.48. The molecule has 3 saturated carbocycles. The third-order valence-electron chi connectivity index (χ3n) is 16.4. The summed E-state index contributed by atoms with van der Waals surface area (Å²) >= 11 is 0. The van der Waals surface area contributed by atoms with E-state index < -0.39 is 0 Å². The molecule has 6 atom stereocenters. The van der Waals surface area contributed by atoms with E-state index >= 15 is 0 Å². The lowest BCUT2D eigenvalue weighted by Crippen LogP contribution is -2.49. The highest BCUT2D eigenvalue weighted by Crippen LogP contribution is 2.33. The molecule has 0 spiro atoms. The molecule has 1 heterocycles. The van der Waals surface area contributed by atoms with Crippen molar-refractivity contribution in [1.82, 2.24) is 31.9 Å². The van der Waals surface area contributed by atoms with Gasteiger partial charge in [0.25, 0.3) is 0 Å². The molecule has 9 nitrogen and oxygen atoms in total. The Morgan fingerprint density at radius 2 is 0.472 bits per heavy atom. The highest BCUT2D eigenvalue weighted by atomic mass is 16.3. The lowest BCUT2D eigenvalue weighted by molar-refractivity contribution is 0.277. The molecule has 9 N–H and O–H groups in total. The predicted molar refractivity (Wildman–Crippen MR) is 291 cm³/mol. The van der Waals surface area contributed by atoms with Gasteiger partial charge in [-0.25, -0.2) is 0 Å². The predicted octanol–water partition coefficient (Wildman–Crippen LogP) is 10.5. The maximum atomic E-state index is 12.1. The molecule has 6 bridgehead atoms. The van der Waals surface area contributed by atoms with Crippen molar-refractivity contribution in [3.8, 4) is 17.2 Å². The molecular formula is C63H78N6O3. The van der Waals surface area contributed by atoms with Gasteiger partial charge in [-0.3, -0.25) is 0 Å². The van der Waals surface area contributed by atoms with Gasteiger partial charge in [0.15, 0.2) is 0 Å². The Morgan fingerprint density at radius 3 is 0.667 bits per heavy atom. The minimum atomic E-state index is 0.217. The van der Waals surface area contributed by atoms with Crippen LogP contribution in [0.25, 0.3) is 0 Å². The Balaban J connectivity index is 0.980. The summed E-state index contributed by atoms with van der Waals surface area (Å²) in [6.45, 7) is 3.40. The largest absolute Gasteiger partial charge is 0.507 e. The third kappa shape index (κ3) is 13.0. The zero-order valence-corrected chi connectivity index (χ0v) is 42.3. The fourth-order valence-electron chi connectivity index (χ4n) is 12.4. The third-order valence-corrected chi connectivity index (χ3v) is 16.4. The molecular weight excluding hydrogens is 889 g/mol. The molecule has 6 aromatic rings. The van der Waals surface area contributed by atoms with Gasteiger partial charge in [-0.05, 0) is 91.2 Å². The number of hydrogen-bond acceptors (Lipinski definition) is 9. The first kappa shape index (κ1) is 50.0. The van der Waals surface area contributed by atoms with Gasteiger partial charge < -0.3 is 47.2 Å². The van der Waals surface area contributed by atoms with Crippen molar-refractivity contribution < 1.29 is 15.3 Å². The Hall–Kier alpha value is -5.52. The van der Waals surface area contributed by atoms with E-state index in [4.69, 9.17) is 0 Å². The Bertz CT molecular complexity index is 2280. The Labute approximate surface area is 428 Å². The van der Waals surface area contributed by atoms with Crippen molar-refractivity contribution >= 4 is 0 Å². The first-order valence-corrected chi connectivity index (χ1v) is 27.4. The van der Waals surface area contributed by atoms with Gasteiger partial charge in [0.2, 0.25) is 0 Å². The van der Waals surface area contributed by atoms with E-state index in [9.17, 15) is 15.3 Å². The standard InChI is InChI=1S/C63H78N6O3/c70-61-49-31-46(28-43-16-4-1-5-17-43)32-50(61)38-65-56-23-11-13-25-58(56)67-40-52-34-48(30-45-20-8-3-9-21-45)36-54(63(52)72)42-69-60-27-15-14-26-59(60)68-41-53-35-47(29-44-18-6-2-7-19-44)33-51(62(53)71)39-66-57-24-12-10-22-55(57)64-37-49/h1-9,16-21,31-36,55-60,64-72H,10-15,22-30,37-42H2/t55-,56-,57-,58-,59-,60-/m1/s1. The summed E-state index contributed by atoms with van der Waals surface area (Å²) in [6.07, 6.45) is 15.6. The van der Waals surface area contributed by atoms with Crippen LogP contribution in [0.3, 0.4) is 0 Å². The molecule has 0 amide bonds. The first-order valence-electron chi connectivity index (χ1n) is 27.4. The van der Waals surface area contributed by atoms with Crippen molar-refractivity contribution in [2.24, 2.45) is 0 Å². The number of benzene rings is 6. The van der Waals surface area contributed by atoms with Crippen molar-refractivity contribution in [2.75, 3.05) is 0 Å². The molecule has 3 fully saturated rings. The summed E-state index contributed by atoms with van der Waals surface area (Å²) in [4.78, 5) is 0. The number of hydrogen-bond donors (Lipinski definition) is 9. The minimum absolute atomic E-state index is 0.217. The quantitative estimate of drug-likeness (QED) is 0.0801. The fourth-order valence-corrected chi connectivity index (χ4v) is 12.4. The molecule has 3 aliphatic carbocycles. The lowest BCUT2D eigenvalue weighted by Gasteiger charge is -2.34. The fraction of sp³-hybridized carbons (Fsp3) is 0.429. The molecule has 0 aromatic heterocycles. The molecule has 72 heavy (non-hydrogen) atoms. The Kier molecular flexibility index (Phi) is 17.0. The van der Waals surface area contributed by atoms with E-state index in [2.05, 4.69) is 159 Å². The number of phenolic OH excluding ortho intramolecular Hbond substituents is 3. The van der Waals surface area contributed by atoms with Crippen molar-refractivity contribution in [1.29, 1.82) is 0 Å². The number of phenols is 3. The van der Waals surface area contributed by atoms with Crippen LogP contribution in [0.5, 0.6) is 17.2 Å². The summed E-state index contributed by atoms with van der Waals surface area (Å²) in [7, 11) is 0. The van der Waals surface area contributed by atoms with Gasteiger partial charge in [-0.1, -0.05) is 166 Å². The first-order chi connectivity index (χ1) is 35.4. The van der Waals surface area contributed by atoms with E-state index in [-0.39, 0.29) is 36.3 Å².